The summed E-state index contributed by atoms with van der Waals surface area (Å²) < 4.78 is 18.5. The summed E-state index contributed by atoms with van der Waals surface area (Å²) in [4.78, 5) is 25.8. The van der Waals surface area contributed by atoms with E-state index in [2.05, 4.69) is 0 Å². The van der Waals surface area contributed by atoms with Crippen LogP contribution >= 0.6 is 11.6 Å². The highest BCUT2D eigenvalue weighted by Crippen LogP contribution is 2.19. The topological polar surface area (TPSA) is 46.6 Å². The number of halogens is 2. The Hall–Kier alpha value is -2.40. The van der Waals surface area contributed by atoms with Crippen molar-refractivity contribution < 1.29 is 18.7 Å². The van der Waals surface area contributed by atoms with Crippen LogP contribution in [-0.2, 0) is 22.5 Å². The minimum absolute atomic E-state index is 0.224. The normalized spacial score (nSPS) is 13.3. The molecule has 2 aromatic carbocycles. The van der Waals surface area contributed by atoms with Crippen LogP contribution < -0.4 is 0 Å². The van der Waals surface area contributed by atoms with Crippen molar-refractivity contribution in [2.24, 2.45) is 0 Å². The summed E-state index contributed by atoms with van der Waals surface area (Å²) in [5.74, 6) is -1.94. The minimum atomic E-state index is -0.902. The van der Waals surface area contributed by atoms with E-state index in [1.807, 2.05) is 24.3 Å². The molecule has 0 saturated carbocycles. The quantitative estimate of drug-likeness (QED) is 0.801. The highest BCUT2D eigenvalue weighted by atomic mass is 35.5. The lowest BCUT2D eigenvalue weighted by atomic mass is 10.00. The molecule has 0 atom stereocenters. The van der Waals surface area contributed by atoms with E-state index >= 15 is 0 Å². The number of fused-ring (bicyclic) bond motifs is 1. The van der Waals surface area contributed by atoms with Crippen molar-refractivity contribution in [3.63, 3.8) is 0 Å². The van der Waals surface area contributed by atoms with Gasteiger partial charge in [-0.05, 0) is 35.7 Å². The van der Waals surface area contributed by atoms with Crippen LogP contribution in [0.1, 0.15) is 21.5 Å². The molecular formula is C18H15ClFNO3. The van der Waals surface area contributed by atoms with Gasteiger partial charge in [-0.3, -0.25) is 4.79 Å². The van der Waals surface area contributed by atoms with Gasteiger partial charge in [0.25, 0.3) is 5.91 Å². The monoisotopic (exact) mass is 347 g/mol. The standard InChI is InChI=1S/C18H15ClFNO3/c19-14-5-6-16(20)15(9-14)18(23)24-11-17(22)21-8-7-12-3-1-2-4-13(12)10-21/h1-6,9H,7-8,10-11H2. The van der Waals surface area contributed by atoms with E-state index in [1.165, 1.54) is 17.7 Å². The molecular weight excluding hydrogens is 333 g/mol. The van der Waals surface area contributed by atoms with E-state index in [1.54, 1.807) is 4.90 Å². The fraction of sp³-hybridized carbons (Fsp3) is 0.222. The molecule has 1 heterocycles. The second-order valence-corrected chi connectivity index (χ2v) is 5.97. The molecule has 1 aliphatic rings. The van der Waals surface area contributed by atoms with Crippen molar-refractivity contribution in [2.45, 2.75) is 13.0 Å². The fourth-order valence-corrected chi connectivity index (χ4v) is 2.83. The Morgan fingerprint density at radius 1 is 1.17 bits per heavy atom. The number of nitrogens with zero attached hydrogens (tertiary/aromatic N) is 1. The Kier molecular flexibility index (Phi) is 4.81. The van der Waals surface area contributed by atoms with Crippen LogP contribution in [-0.4, -0.2) is 29.9 Å². The molecule has 6 heteroatoms. The Labute approximate surface area is 143 Å². The molecule has 0 aliphatic carbocycles. The molecule has 0 bridgehead atoms. The average Bonchev–Trinajstić information content (AvgIpc) is 2.61. The zero-order chi connectivity index (χ0) is 17.1. The van der Waals surface area contributed by atoms with Gasteiger partial charge in [-0.25, -0.2) is 9.18 Å². The lowest BCUT2D eigenvalue weighted by molar-refractivity contribution is -0.135. The Bertz CT molecular complexity index is 794. The van der Waals surface area contributed by atoms with Gasteiger partial charge < -0.3 is 9.64 Å². The fourth-order valence-electron chi connectivity index (χ4n) is 2.66. The largest absolute Gasteiger partial charge is 0.452 e. The third-order valence-electron chi connectivity index (χ3n) is 3.96. The highest BCUT2D eigenvalue weighted by Gasteiger charge is 2.22. The molecule has 1 amide bonds. The number of esters is 1. The molecule has 24 heavy (non-hydrogen) atoms. The number of rotatable bonds is 3. The molecule has 0 fully saturated rings. The zero-order valence-electron chi connectivity index (χ0n) is 12.8. The maximum absolute atomic E-state index is 13.6. The second kappa shape index (κ2) is 7.01. The third-order valence-corrected chi connectivity index (χ3v) is 4.19. The van der Waals surface area contributed by atoms with Gasteiger partial charge in [0.15, 0.2) is 6.61 Å². The van der Waals surface area contributed by atoms with Gasteiger partial charge in [0.1, 0.15) is 5.82 Å². The summed E-state index contributed by atoms with van der Waals surface area (Å²) in [6, 6.07) is 11.5. The van der Waals surface area contributed by atoms with Crippen molar-refractivity contribution in [3.8, 4) is 0 Å². The van der Waals surface area contributed by atoms with Crippen LogP contribution in [0.3, 0.4) is 0 Å². The van der Waals surface area contributed by atoms with Gasteiger partial charge in [0.05, 0.1) is 5.56 Å². The van der Waals surface area contributed by atoms with E-state index in [-0.39, 0.29) is 16.5 Å². The first-order valence-corrected chi connectivity index (χ1v) is 7.89. The summed E-state index contributed by atoms with van der Waals surface area (Å²) in [6.07, 6.45) is 0.763. The summed E-state index contributed by atoms with van der Waals surface area (Å²) >= 11 is 5.74. The molecule has 0 aromatic heterocycles. The molecule has 0 unspecified atom stereocenters. The van der Waals surface area contributed by atoms with Crippen molar-refractivity contribution in [1.29, 1.82) is 0 Å². The highest BCUT2D eigenvalue weighted by molar-refractivity contribution is 6.30. The maximum Gasteiger partial charge on any atom is 0.341 e. The summed E-state index contributed by atoms with van der Waals surface area (Å²) in [6.45, 7) is 0.629. The van der Waals surface area contributed by atoms with Crippen molar-refractivity contribution >= 4 is 23.5 Å². The van der Waals surface area contributed by atoms with Crippen molar-refractivity contribution in [1.82, 2.24) is 4.90 Å². The number of amides is 1. The van der Waals surface area contributed by atoms with Crippen LogP contribution in [0, 0.1) is 5.82 Å². The van der Waals surface area contributed by atoms with E-state index < -0.39 is 18.4 Å². The van der Waals surface area contributed by atoms with E-state index in [4.69, 9.17) is 16.3 Å². The molecule has 124 valence electrons. The number of ether oxygens (including phenoxy) is 1. The summed E-state index contributed by atoms with van der Waals surface area (Å²) in [7, 11) is 0. The summed E-state index contributed by atoms with van der Waals surface area (Å²) in [5, 5.41) is 0.224. The first-order valence-electron chi connectivity index (χ1n) is 7.51. The molecule has 0 saturated heterocycles. The molecule has 4 nitrogen and oxygen atoms in total. The van der Waals surface area contributed by atoms with Gasteiger partial charge in [-0.2, -0.15) is 0 Å². The van der Waals surface area contributed by atoms with E-state index in [0.717, 1.165) is 18.1 Å². The van der Waals surface area contributed by atoms with Gasteiger partial charge in [-0.1, -0.05) is 35.9 Å². The van der Waals surface area contributed by atoms with Crippen LogP contribution in [0.2, 0.25) is 5.02 Å². The van der Waals surface area contributed by atoms with Crippen LogP contribution in [0.25, 0.3) is 0 Å². The van der Waals surface area contributed by atoms with E-state index in [9.17, 15) is 14.0 Å². The maximum atomic E-state index is 13.6. The van der Waals surface area contributed by atoms with Gasteiger partial charge in [0.2, 0.25) is 0 Å². The molecule has 3 rings (SSSR count). The Balaban J connectivity index is 1.60. The number of carbonyl (C=O) groups excluding carboxylic acids is 2. The number of hydrogen-bond acceptors (Lipinski definition) is 3. The Morgan fingerprint density at radius 2 is 1.92 bits per heavy atom. The molecule has 0 N–H and O–H groups in total. The second-order valence-electron chi connectivity index (χ2n) is 5.53. The first kappa shape index (κ1) is 16.5. The van der Waals surface area contributed by atoms with Crippen LogP contribution in [0.4, 0.5) is 4.39 Å². The summed E-state index contributed by atoms with van der Waals surface area (Å²) in [5.41, 5.74) is 2.03. The van der Waals surface area contributed by atoms with Gasteiger partial charge in [-0.15, -0.1) is 0 Å². The van der Waals surface area contributed by atoms with Crippen molar-refractivity contribution in [3.05, 3.63) is 70.0 Å². The lowest BCUT2D eigenvalue weighted by Gasteiger charge is -2.28. The third kappa shape index (κ3) is 3.57. The molecule has 1 aliphatic heterocycles. The molecule has 0 spiro atoms. The number of hydrogen-bond donors (Lipinski definition) is 0. The van der Waals surface area contributed by atoms with E-state index in [0.29, 0.717) is 13.1 Å². The Morgan fingerprint density at radius 3 is 2.71 bits per heavy atom. The van der Waals surface area contributed by atoms with Gasteiger partial charge in [0, 0.05) is 18.1 Å². The zero-order valence-corrected chi connectivity index (χ0v) is 13.6. The predicted octanol–water partition coefficient (Wildman–Crippen LogP) is 3.22. The van der Waals surface area contributed by atoms with Gasteiger partial charge >= 0.3 is 5.97 Å². The SMILES string of the molecule is O=C(OCC(=O)N1CCc2ccccc2C1)c1cc(Cl)ccc1F. The van der Waals surface area contributed by atoms with Crippen LogP contribution in [0.15, 0.2) is 42.5 Å². The number of carbonyl (C=O) groups is 2. The van der Waals surface area contributed by atoms with Crippen molar-refractivity contribution in [2.75, 3.05) is 13.2 Å². The molecule has 2 aromatic rings. The van der Waals surface area contributed by atoms with Crippen LogP contribution in [0.5, 0.6) is 0 Å². The first-order chi connectivity index (χ1) is 11.5. The minimum Gasteiger partial charge on any atom is -0.452 e. The number of benzene rings is 2. The lowest BCUT2D eigenvalue weighted by Crippen LogP contribution is -2.38. The predicted molar refractivity (Wildman–Crippen MR) is 87.3 cm³/mol. The molecule has 0 radical (unpaired) electrons. The average molecular weight is 348 g/mol. The smallest absolute Gasteiger partial charge is 0.341 e.